The molecule has 0 atom stereocenters. The molecule has 52 valence electrons. The molecule has 0 rings (SSSR count). The van der Waals surface area contributed by atoms with Gasteiger partial charge in [-0.05, 0) is 6.42 Å². The van der Waals surface area contributed by atoms with Gasteiger partial charge in [0.25, 0.3) is 0 Å². The first-order chi connectivity index (χ1) is 4.31. The van der Waals surface area contributed by atoms with Crippen LogP contribution in [0.4, 0.5) is 0 Å². The maximum absolute atomic E-state index is 10.4. The summed E-state index contributed by atoms with van der Waals surface area (Å²) < 4.78 is 0. The van der Waals surface area contributed by atoms with Gasteiger partial charge in [-0.3, -0.25) is 0 Å². The highest BCUT2D eigenvalue weighted by Crippen LogP contribution is 1.80. The van der Waals surface area contributed by atoms with Gasteiger partial charge >= 0.3 is 5.97 Å². The van der Waals surface area contributed by atoms with Crippen molar-refractivity contribution in [3.05, 3.63) is 12.2 Å². The minimum absolute atomic E-state index is 0.362. The molecule has 0 fully saturated rings. The second-order valence-electron chi connectivity index (χ2n) is 1.44. The van der Waals surface area contributed by atoms with Crippen molar-refractivity contribution >= 4 is 5.97 Å². The summed E-state index contributed by atoms with van der Waals surface area (Å²) >= 11 is 0. The molecule has 0 saturated heterocycles. The van der Waals surface area contributed by atoms with E-state index in [-0.39, 0.29) is 5.97 Å². The van der Waals surface area contributed by atoms with Crippen LogP contribution in [0.3, 0.4) is 0 Å². The lowest BCUT2D eigenvalue weighted by Crippen LogP contribution is -2.12. The lowest BCUT2D eigenvalue weighted by molar-refractivity contribution is -0.143. The smallest absolute Gasteiger partial charge is 0.349 e. The molecule has 3 heteroatoms. The van der Waals surface area contributed by atoms with E-state index in [0.29, 0.717) is 0 Å². The summed E-state index contributed by atoms with van der Waals surface area (Å²) in [5.41, 5.74) is 2.28. The number of hydroxylamine groups is 1. The molecule has 9 heavy (non-hydrogen) atoms. The molecule has 0 amide bonds. The third kappa shape index (κ3) is 5.03. The first kappa shape index (κ1) is 8.17. The van der Waals surface area contributed by atoms with E-state index in [2.05, 4.69) is 10.3 Å². The van der Waals surface area contributed by atoms with E-state index in [0.717, 1.165) is 6.42 Å². The number of carbonyl (C=O) groups is 1. The molecule has 0 bridgehead atoms. The highest BCUT2D eigenvalue weighted by Gasteiger charge is 1.89. The minimum Gasteiger partial charge on any atom is -0.367 e. The molecule has 1 N–H and O–H groups in total. The Bertz CT molecular complexity index is 110. The number of rotatable bonds is 3. The first-order valence-electron chi connectivity index (χ1n) is 2.85. The maximum Gasteiger partial charge on any atom is 0.349 e. The van der Waals surface area contributed by atoms with Crippen LogP contribution in [0.25, 0.3) is 0 Å². The van der Waals surface area contributed by atoms with Crippen LogP contribution in [0.5, 0.6) is 0 Å². The van der Waals surface area contributed by atoms with E-state index >= 15 is 0 Å². The van der Waals surface area contributed by atoms with E-state index < -0.39 is 0 Å². The maximum atomic E-state index is 10.4. The molecule has 0 spiro atoms. The van der Waals surface area contributed by atoms with Crippen molar-refractivity contribution in [2.75, 3.05) is 7.05 Å². The van der Waals surface area contributed by atoms with Crippen molar-refractivity contribution in [2.24, 2.45) is 0 Å². The molecule has 0 saturated carbocycles. The minimum atomic E-state index is -0.362. The molecular formula is C6H11NO2. The summed E-state index contributed by atoms with van der Waals surface area (Å²) in [5.74, 6) is -0.362. The van der Waals surface area contributed by atoms with Crippen LogP contribution in [0.1, 0.15) is 13.3 Å². The van der Waals surface area contributed by atoms with E-state index in [1.807, 2.05) is 6.92 Å². The zero-order valence-corrected chi connectivity index (χ0v) is 5.68. The Hall–Kier alpha value is -0.830. The summed E-state index contributed by atoms with van der Waals surface area (Å²) in [6, 6.07) is 0. The Labute approximate surface area is 54.7 Å². The highest BCUT2D eigenvalue weighted by atomic mass is 16.7. The molecule has 0 radical (unpaired) electrons. The van der Waals surface area contributed by atoms with Gasteiger partial charge in [0.05, 0.1) is 0 Å². The quantitative estimate of drug-likeness (QED) is 0.448. The fourth-order valence-corrected chi connectivity index (χ4v) is 0.349. The van der Waals surface area contributed by atoms with Crippen molar-refractivity contribution in [2.45, 2.75) is 13.3 Å². The van der Waals surface area contributed by atoms with E-state index in [1.165, 1.54) is 13.1 Å². The summed E-state index contributed by atoms with van der Waals surface area (Å²) in [5, 5.41) is 0. The molecule has 0 aliphatic rings. The average molecular weight is 129 g/mol. The highest BCUT2D eigenvalue weighted by molar-refractivity contribution is 5.81. The van der Waals surface area contributed by atoms with E-state index in [4.69, 9.17) is 0 Å². The van der Waals surface area contributed by atoms with Crippen LogP contribution in [0.15, 0.2) is 12.2 Å². The van der Waals surface area contributed by atoms with Gasteiger partial charge in [-0.25, -0.2) is 4.79 Å². The lowest BCUT2D eigenvalue weighted by atomic mass is 10.4. The van der Waals surface area contributed by atoms with Gasteiger partial charge in [0, 0.05) is 13.1 Å². The van der Waals surface area contributed by atoms with Crippen LogP contribution >= 0.6 is 0 Å². The fraction of sp³-hybridized carbons (Fsp3) is 0.500. The Kier molecular flexibility index (Phi) is 4.82. The summed E-state index contributed by atoms with van der Waals surface area (Å²) in [7, 11) is 1.54. The summed E-state index contributed by atoms with van der Waals surface area (Å²) in [6.07, 6.45) is 3.97. The Morgan fingerprint density at radius 1 is 1.78 bits per heavy atom. The van der Waals surface area contributed by atoms with Crippen LogP contribution < -0.4 is 5.48 Å². The topological polar surface area (TPSA) is 38.3 Å². The van der Waals surface area contributed by atoms with Gasteiger partial charge in [-0.15, -0.1) is 0 Å². The molecular weight excluding hydrogens is 118 g/mol. The largest absolute Gasteiger partial charge is 0.367 e. The van der Waals surface area contributed by atoms with Crippen LogP contribution in [-0.2, 0) is 9.63 Å². The predicted molar refractivity (Wildman–Crippen MR) is 34.6 cm³/mol. The monoisotopic (exact) mass is 129 g/mol. The van der Waals surface area contributed by atoms with Crippen molar-refractivity contribution in [3.8, 4) is 0 Å². The van der Waals surface area contributed by atoms with Crippen molar-refractivity contribution in [1.82, 2.24) is 5.48 Å². The van der Waals surface area contributed by atoms with Crippen molar-refractivity contribution in [3.63, 3.8) is 0 Å². The van der Waals surface area contributed by atoms with Crippen LogP contribution in [0, 0.1) is 0 Å². The second-order valence-corrected chi connectivity index (χ2v) is 1.44. The van der Waals surface area contributed by atoms with Gasteiger partial charge in [0.2, 0.25) is 0 Å². The van der Waals surface area contributed by atoms with Gasteiger partial charge in [0.15, 0.2) is 0 Å². The number of allylic oxidation sites excluding steroid dienone is 1. The first-order valence-corrected chi connectivity index (χ1v) is 2.85. The second kappa shape index (κ2) is 5.31. The fourth-order valence-electron chi connectivity index (χ4n) is 0.349. The van der Waals surface area contributed by atoms with E-state index in [1.54, 1.807) is 6.08 Å². The number of nitrogens with one attached hydrogen (secondary N) is 1. The average Bonchev–Trinajstić information content (AvgIpc) is 1.85. The molecule has 0 aromatic carbocycles. The molecule has 0 heterocycles. The third-order valence-corrected chi connectivity index (χ3v) is 0.692. The SMILES string of the molecule is CC/C=C/C(=O)ONC. The molecule has 0 aliphatic heterocycles. The van der Waals surface area contributed by atoms with Gasteiger partial charge in [0.1, 0.15) is 0 Å². The zero-order chi connectivity index (χ0) is 7.11. The normalized spacial score (nSPS) is 10.0. The number of hydrogen-bond donors (Lipinski definition) is 1. The Morgan fingerprint density at radius 3 is 2.89 bits per heavy atom. The molecule has 3 nitrogen and oxygen atoms in total. The van der Waals surface area contributed by atoms with Crippen molar-refractivity contribution < 1.29 is 9.63 Å². The summed E-state index contributed by atoms with van der Waals surface area (Å²) in [6.45, 7) is 1.95. The Morgan fingerprint density at radius 2 is 2.44 bits per heavy atom. The Balaban J connectivity index is 3.37. The lowest BCUT2D eigenvalue weighted by Gasteiger charge is -1.93. The standard InChI is InChI=1S/C6H11NO2/c1-3-4-5-6(8)9-7-2/h4-5,7H,3H2,1-2H3/b5-4+. The molecule has 0 aromatic rings. The van der Waals surface area contributed by atoms with E-state index in [9.17, 15) is 4.79 Å². The third-order valence-electron chi connectivity index (χ3n) is 0.692. The van der Waals surface area contributed by atoms with Crippen molar-refractivity contribution in [1.29, 1.82) is 0 Å². The zero-order valence-electron chi connectivity index (χ0n) is 5.68. The van der Waals surface area contributed by atoms with Gasteiger partial charge < -0.3 is 4.84 Å². The predicted octanol–water partition coefficient (Wildman–Crippen LogP) is 0.630. The summed E-state index contributed by atoms with van der Waals surface area (Å²) in [4.78, 5) is 14.8. The number of carbonyl (C=O) groups excluding carboxylic acids is 1. The molecule has 0 aromatic heterocycles. The van der Waals surface area contributed by atoms with Gasteiger partial charge in [-0.1, -0.05) is 13.0 Å². The van der Waals surface area contributed by atoms with Gasteiger partial charge in [-0.2, -0.15) is 5.48 Å². The molecule has 0 unspecified atom stereocenters. The number of hydrogen-bond acceptors (Lipinski definition) is 3. The van der Waals surface area contributed by atoms with Crippen LogP contribution in [0.2, 0.25) is 0 Å². The molecule has 0 aliphatic carbocycles. The van der Waals surface area contributed by atoms with Crippen LogP contribution in [-0.4, -0.2) is 13.0 Å².